The molecule has 0 saturated heterocycles. The molecule has 0 saturated carbocycles. The highest BCUT2D eigenvalue weighted by Gasteiger charge is 2.28. The summed E-state index contributed by atoms with van der Waals surface area (Å²) in [5, 5.41) is 21.7. The first-order chi connectivity index (χ1) is 10.7. The Morgan fingerprint density at radius 3 is 2.77 bits per heavy atom. The number of fused-ring (bicyclic) bond motifs is 1. The predicted octanol–water partition coefficient (Wildman–Crippen LogP) is 0.492. The van der Waals surface area contributed by atoms with Gasteiger partial charge in [-0.05, 0) is 17.7 Å². The molecule has 1 amide bonds. The van der Waals surface area contributed by atoms with Gasteiger partial charge in [0.15, 0.2) is 5.84 Å². The van der Waals surface area contributed by atoms with Crippen LogP contribution in [0.1, 0.15) is 11.1 Å². The van der Waals surface area contributed by atoms with E-state index in [1.165, 1.54) is 0 Å². The van der Waals surface area contributed by atoms with Gasteiger partial charge in [-0.3, -0.25) is 15.5 Å². The summed E-state index contributed by atoms with van der Waals surface area (Å²) in [6, 6.07) is 9.37. The van der Waals surface area contributed by atoms with Crippen LogP contribution < -0.4 is 10.6 Å². The Balaban J connectivity index is 1.65. The van der Waals surface area contributed by atoms with Gasteiger partial charge in [0, 0.05) is 24.9 Å². The summed E-state index contributed by atoms with van der Waals surface area (Å²) in [7, 11) is 0. The van der Waals surface area contributed by atoms with Crippen molar-refractivity contribution in [3.63, 3.8) is 0 Å². The average molecular weight is 292 g/mol. The van der Waals surface area contributed by atoms with Crippen molar-refractivity contribution in [2.45, 2.75) is 6.54 Å². The summed E-state index contributed by atoms with van der Waals surface area (Å²) < 4.78 is 0. The molecule has 0 radical (unpaired) electrons. The van der Waals surface area contributed by atoms with Gasteiger partial charge in [-0.1, -0.05) is 12.1 Å². The Morgan fingerprint density at radius 2 is 2.05 bits per heavy atom. The average Bonchev–Trinajstić information content (AvgIpc) is 2.91. The highest BCUT2D eigenvalue weighted by molar-refractivity contribution is 6.35. The molecule has 2 aliphatic rings. The van der Waals surface area contributed by atoms with Gasteiger partial charge >= 0.3 is 0 Å². The molecule has 1 aromatic carbocycles. The third-order valence-corrected chi connectivity index (χ3v) is 3.29. The zero-order chi connectivity index (χ0) is 15.5. The van der Waals surface area contributed by atoms with Crippen LogP contribution >= 0.6 is 0 Å². The summed E-state index contributed by atoms with van der Waals surface area (Å²) >= 11 is 0. The second-order valence-corrected chi connectivity index (χ2v) is 4.81. The largest absolute Gasteiger partial charge is 0.309 e. The van der Waals surface area contributed by atoms with E-state index in [1.807, 2.05) is 12.1 Å². The Kier molecular flexibility index (Phi) is 3.60. The zero-order valence-electron chi connectivity index (χ0n) is 11.6. The number of guanidine groups is 1. The molecule has 0 atom stereocenters. The highest BCUT2D eigenvalue weighted by atomic mass is 16.2. The van der Waals surface area contributed by atoms with E-state index < -0.39 is 0 Å². The third kappa shape index (κ3) is 2.68. The van der Waals surface area contributed by atoms with Gasteiger partial charge in [-0.2, -0.15) is 10.3 Å². The van der Waals surface area contributed by atoms with E-state index in [2.05, 4.69) is 26.7 Å². The predicted molar refractivity (Wildman–Crippen MR) is 81.7 cm³/mol. The topological polar surface area (TPSA) is 113 Å². The molecule has 2 heterocycles. The van der Waals surface area contributed by atoms with E-state index in [0.717, 1.165) is 11.1 Å². The number of nitrogens with zero attached hydrogens (tertiary/aromatic N) is 3. The lowest BCUT2D eigenvalue weighted by Crippen LogP contribution is -2.37. The molecule has 0 aliphatic carbocycles. The van der Waals surface area contributed by atoms with E-state index in [9.17, 15) is 4.79 Å². The Morgan fingerprint density at radius 1 is 1.27 bits per heavy atom. The molecular weight excluding hydrogens is 280 g/mol. The summed E-state index contributed by atoms with van der Waals surface area (Å²) in [5.41, 5.74) is 2.84. The first-order valence-corrected chi connectivity index (χ1v) is 6.63. The number of amides is 1. The molecule has 3 rings (SSSR count). The van der Waals surface area contributed by atoms with Crippen LogP contribution in [0.15, 0.2) is 45.4 Å². The normalized spacial score (nSPS) is 16.2. The maximum atomic E-state index is 11.9. The summed E-state index contributed by atoms with van der Waals surface area (Å²) in [4.78, 5) is 19.8. The van der Waals surface area contributed by atoms with Crippen LogP contribution in [0.5, 0.6) is 0 Å². The van der Waals surface area contributed by atoms with E-state index in [-0.39, 0.29) is 11.9 Å². The lowest BCUT2D eigenvalue weighted by Gasteiger charge is -2.12. The minimum atomic E-state index is -0.345. The molecule has 3 N–H and O–H groups in total. The summed E-state index contributed by atoms with van der Waals surface area (Å²) in [5.74, 6) is -0.237. The number of nitriles is 1. The molecule has 22 heavy (non-hydrogen) atoms. The number of carbonyl (C=O) groups excluding carboxylic acids is 1. The minimum Gasteiger partial charge on any atom is -0.309 e. The summed E-state index contributed by atoms with van der Waals surface area (Å²) in [6.45, 7) is 1.08. The summed E-state index contributed by atoms with van der Waals surface area (Å²) in [6.07, 6.45) is 1.60. The van der Waals surface area contributed by atoms with E-state index in [1.54, 1.807) is 18.3 Å². The van der Waals surface area contributed by atoms with Gasteiger partial charge < -0.3 is 5.32 Å². The third-order valence-electron chi connectivity index (χ3n) is 3.29. The van der Waals surface area contributed by atoms with Gasteiger partial charge in [-0.25, -0.2) is 4.99 Å². The van der Waals surface area contributed by atoms with Crippen molar-refractivity contribution in [1.82, 2.24) is 10.6 Å². The number of benzene rings is 1. The Labute approximate surface area is 126 Å². The van der Waals surface area contributed by atoms with Gasteiger partial charge in [-0.15, -0.1) is 0 Å². The molecule has 108 valence electrons. The van der Waals surface area contributed by atoms with Gasteiger partial charge in [0.25, 0.3) is 5.91 Å². The quantitative estimate of drug-likeness (QED) is 0.750. The molecule has 0 spiro atoms. The van der Waals surface area contributed by atoms with Crippen LogP contribution in [0.4, 0.5) is 0 Å². The number of amidine groups is 1. The fourth-order valence-electron chi connectivity index (χ4n) is 2.22. The highest BCUT2D eigenvalue weighted by Crippen LogP contribution is 2.16. The molecule has 0 bridgehead atoms. The van der Waals surface area contributed by atoms with Crippen LogP contribution in [0.3, 0.4) is 0 Å². The first-order valence-electron chi connectivity index (χ1n) is 6.63. The van der Waals surface area contributed by atoms with Gasteiger partial charge in [0.2, 0.25) is 5.96 Å². The SMILES string of the molecule is N#Cc1ccc(CNCC2=C3C(=O)NC(=N)N=C3N=C2)cc1. The molecule has 0 aromatic heterocycles. The van der Waals surface area contributed by atoms with E-state index in [0.29, 0.717) is 30.1 Å². The van der Waals surface area contributed by atoms with Crippen LogP contribution in [0, 0.1) is 16.7 Å². The smallest absolute Gasteiger partial charge is 0.262 e. The lowest BCUT2D eigenvalue weighted by molar-refractivity contribution is -0.115. The van der Waals surface area contributed by atoms with Crippen LogP contribution in [0.2, 0.25) is 0 Å². The standard InChI is InChI=1S/C15H12N6O/c16-5-9-1-3-10(4-2-9)6-18-7-11-8-19-13-12(11)14(22)21-15(17)20-13/h1-4,8,18H,6-7H2,(H2,17,21,22). The van der Waals surface area contributed by atoms with E-state index in [4.69, 9.17) is 10.7 Å². The minimum absolute atomic E-state index is 0.187. The molecule has 2 aliphatic heterocycles. The number of carbonyl (C=O) groups is 1. The monoisotopic (exact) mass is 292 g/mol. The van der Waals surface area contributed by atoms with Crippen molar-refractivity contribution in [1.29, 1.82) is 10.7 Å². The second-order valence-electron chi connectivity index (χ2n) is 4.81. The van der Waals surface area contributed by atoms with Crippen LogP contribution in [0.25, 0.3) is 0 Å². The number of hydrogen-bond acceptors (Lipinski definition) is 5. The molecular formula is C15H12N6O. The van der Waals surface area contributed by atoms with Crippen molar-refractivity contribution in [2.75, 3.05) is 6.54 Å². The van der Waals surface area contributed by atoms with Crippen molar-refractivity contribution < 1.29 is 4.79 Å². The molecule has 1 aromatic rings. The number of nitrogens with one attached hydrogen (secondary N) is 3. The van der Waals surface area contributed by atoms with Crippen molar-refractivity contribution in [3.8, 4) is 6.07 Å². The van der Waals surface area contributed by atoms with Gasteiger partial charge in [0.1, 0.15) is 0 Å². The number of rotatable bonds is 4. The van der Waals surface area contributed by atoms with E-state index >= 15 is 0 Å². The first kappa shape index (κ1) is 13.9. The maximum absolute atomic E-state index is 11.9. The molecule has 0 unspecified atom stereocenters. The lowest BCUT2D eigenvalue weighted by atomic mass is 10.1. The fraction of sp³-hybridized carbons (Fsp3) is 0.133. The van der Waals surface area contributed by atoms with Crippen molar-refractivity contribution in [3.05, 3.63) is 46.5 Å². The molecule has 0 fully saturated rings. The van der Waals surface area contributed by atoms with Gasteiger partial charge in [0.05, 0.1) is 17.2 Å². The fourth-order valence-corrected chi connectivity index (χ4v) is 2.22. The van der Waals surface area contributed by atoms with Crippen LogP contribution in [-0.2, 0) is 11.3 Å². The van der Waals surface area contributed by atoms with Crippen molar-refractivity contribution in [2.24, 2.45) is 9.98 Å². The molecule has 7 nitrogen and oxygen atoms in total. The maximum Gasteiger partial charge on any atom is 0.262 e. The van der Waals surface area contributed by atoms with Crippen molar-refractivity contribution >= 4 is 23.9 Å². The molecule has 7 heteroatoms. The number of hydrogen-bond donors (Lipinski definition) is 3. The Hall–Kier alpha value is -3.11. The second kappa shape index (κ2) is 5.71. The number of aliphatic imine (C=N–C) groups is 2. The van der Waals surface area contributed by atoms with Crippen LogP contribution in [-0.4, -0.2) is 30.5 Å². The zero-order valence-corrected chi connectivity index (χ0v) is 11.6. The Bertz CT molecular complexity index is 779.